The maximum Gasteiger partial charge on any atom is 0.227 e. The highest BCUT2D eigenvalue weighted by Gasteiger charge is 2.16. The smallest absolute Gasteiger partial charge is 0.227 e. The third kappa shape index (κ3) is 3.93. The number of pyridine rings is 1. The molecule has 0 saturated carbocycles. The molecule has 134 valence electrons. The third-order valence-corrected chi connectivity index (χ3v) is 4.96. The summed E-state index contributed by atoms with van der Waals surface area (Å²) in [5, 5.41) is 4.13. The first-order chi connectivity index (χ1) is 12.1. The van der Waals surface area contributed by atoms with Crippen LogP contribution in [-0.2, 0) is 9.53 Å². The van der Waals surface area contributed by atoms with Crippen molar-refractivity contribution in [3.8, 4) is 0 Å². The molecular formula is C20H27N3O2. The standard InChI is InChI=1S/C20H27N3O2/c1-4-15(5-2)20(24)21-16-6-7-18-17(13-16)14(3)12-19(22-18)23-8-10-25-11-9-23/h6-7,12-13,15H,4-5,8-11H2,1-3H3,(H,21,24). The minimum absolute atomic E-state index is 0.0682. The lowest BCUT2D eigenvalue weighted by Crippen LogP contribution is -2.36. The van der Waals surface area contributed by atoms with Crippen molar-refractivity contribution in [1.29, 1.82) is 0 Å². The van der Waals surface area contributed by atoms with Crippen molar-refractivity contribution in [3.63, 3.8) is 0 Å². The number of benzene rings is 1. The molecule has 25 heavy (non-hydrogen) atoms. The van der Waals surface area contributed by atoms with Gasteiger partial charge in [0.1, 0.15) is 5.82 Å². The summed E-state index contributed by atoms with van der Waals surface area (Å²) in [6, 6.07) is 8.09. The first kappa shape index (κ1) is 17.7. The van der Waals surface area contributed by atoms with Crippen LogP contribution in [0.25, 0.3) is 10.9 Å². The Hall–Kier alpha value is -2.14. The summed E-state index contributed by atoms with van der Waals surface area (Å²) < 4.78 is 5.42. The zero-order chi connectivity index (χ0) is 17.8. The normalized spacial score (nSPS) is 15.0. The average molecular weight is 341 g/mol. The molecule has 1 aliphatic heterocycles. The van der Waals surface area contributed by atoms with Gasteiger partial charge in [-0.2, -0.15) is 0 Å². The Labute approximate surface area is 149 Å². The van der Waals surface area contributed by atoms with Gasteiger partial charge in [0.2, 0.25) is 5.91 Å². The third-order valence-electron chi connectivity index (χ3n) is 4.96. The number of nitrogens with zero attached hydrogens (tertiary/aromatic N) is 2. The van der Waals surface area contributed by atoms with Gasteiger partial charge in [-0.15, -0.1) is 0 Å². The molecule has 2 aromatic rings. The van der Waals surface area contributed by atoms with Gasteiger partial charge in [-0.1, -0.05) is 13.8 Å². The predicted octanol–water partition coefficient (Wildman–Crippen LogP) is 3.75. The fourth-order valence-electron chi connectivity index (χ4n) is 3.31. The largest absolute Gasteiger partial charge is 0.378 e. The lowest BCUT2D eigenvalue weighted by molar-refractivity contribution is -0.120. The van der Waals surface area contributed by atoms with Crippen LogP contribution in [0.3, 0.4) is 0 Å². The van der Waals surface area contributed by atoms with Crippen LogP contribution in [0.2, 0.25) is 0 Å². The van der Waals surface area contributed by atoms with Gasteiger partial charge in [0.15, 0.2) is 0 Å². The first-order valence-corrected chi connectivity index (χ1v) is 9.17. The molecule has 5 nitrogen and oxygen atoms in total. The molecule has 0 aliphatic carbocycles. The van der Waals surface area contributed by atoms with Crippen molar-refractivity contribution >= 4 is 28.3 Å². The molecule has 1 aliphatic rings. The predicted molar refractivity (Wildman–Crippen MR) is 102 cm³/mol. The number of hydrogen-bond acceptors (Lipinski definition) is 4. The fourth-order valence-corrected chi connectivity index (χ4v) is 3.31. The number of amides is 1. The van der Waals surface area contributed by atoms with Crippen LogP contribution in [0.4, 0.5) is 11.5 Å². The van der Waals surface area contributed by atoms with Crippen molar-refractivity contribution in [2.75, 3.05) is 36.5 Å². The van der Waals surface area contributed by atoms with Gasteiger partial charge in [0, 0.05) is 30.1 Å². The number of aromatic nitrogens is 1. The molecule has 1 fully saturated rings. The number of nitrogens with one attached hydrogen (secondary N) is 1. The molecule has 5 heteroatoms. The molecule has 3 rings (SSSR count). The SMILES string of the molecule is CCC(CC)C(=O)Nc1ccc2nc(N3CCOCC3)cc(C)c2c1. The second kappa shape index (κ2) is 7.83. The molecule has 1 aromatic carbocycles. The van der Waals surface area contributed by atoms with Gasteiger partial charge in [0.25, 0.3) is 0 Å². The Balaban J connectivity index is 1.85. The van der Waals surface area contributed by atoms with Gasteiger partial charge in [-0.25, -0.2) is 4.98 Å². The van der Waals surface area contributed by atoms with E-state index in [-0.39, 0.29) is 11.8 Å². The monoisotopic (exact) mass is 341 g/mol. The van der Waals surface area contributed by atoms with Gasteiger partial charge in [-0.3, -0.25) is 4.79 Å². The van der Waals surface area contributed by atoms with E-state index in [9.17, 15) is 4.79 Å². The summed E-state index contributed by atoms with van der Waals surface area (Å²) >= 11 is 0. The van der Waals surface area contributed by atoms with E-state index in [0.29, 0.717) is 0 Å². The quantitative estimate of drug-likeness (QED) is 0.900. The van der Waals surface area contributed by atoms with Crippen molar-refractivity contribution in [2.45, 2.75) is 33.6 Å². The molecule has 1 amide bonds. The highest BCUT2D eigenvalue weighted by molar-refractivity contribution is 5.95. The highest BCUT2D eigenvalue weighted by Crippen LogP contribution is 2.26. The van der Waals surface area contributed by atoms with E-state index in [0.717, 1.165) is 61.6 Å². The Bertz CT molecular complexity index is 750. The molecule has 1 aromatic heterocycles. The van der Waals surface area contributed by atoms with Crippen LogP contribution in [-0.4, -0.2) is 37.2 Å². The molecular weight excluding hydrogens is 314 g/mol. The van der Waals surface area contributed by atoms with Crippen LogP contribution < -0.4 is 10.2 Å². The number of fused-ring (bicyclic) bond motifs is 1. The van der Waals surface area contributed by atoms with E-state index >= 15 is 0 Å². The Morgan fingerprint density at radius 3 is 2.64 bits per heavy atom. The summed E-state index contributed by atoms with van der Waals surface area (Å²) in [4.78, 5) is 19.4. The van der Waals surface area contributed by atoms with E-state index in [2.05, 4.69) is 37.1 Å². The first-order valence-electron chi connectivity index (χ1n) is 9.17. The van der Waals surface area contributed by atoms with Crippen LogP contribution >= 0.6 is 0 Å². The zero-order valence-corrected chi connectivity index (χ0v) is 15.3. The van der Waals surface area contributed by atoms with Crippen molar-refractivity contribution in [3.05, 3.63) is 29.8 Å². The van der Waals surface area contributed by atoms with Crippen molar-refractivity contribution < 1.29 is 9.53 Å². The van der Waals surface area contributed by atoms with Crippen LogP contribution in [0, 0.1) is 12.8 Å². The number of carbonyl (C=O) groups excluding carboxylic acids is 1. The number of anilines is 2. The number of carbonyl (C=O) groups is 1. The van der Waals surface area contributed by atoms with E-state index in [1.165, 1.54) is 5.56 Å². The van der Waals surface area contributed by atoms with Crippen molar-refractivity contribution in [1.82, 2.24) is 4.98 Å². The number of rotatable bonds is 5. The van der Waals surface area contributed by atoms with Gasteiger partial charge in [-0.05, 0) is 49.6 Å². The minimum atomic E-state index is 0.0682. The Kier molecular flexibility index (Phi) is 5.53. The molecule has 1 N–H and O–H groups in total. The number of hydrogen-bond donors (Lipinski definition) is 1. The van der Waals surface area contributed by atoms with E-state index in [1.54, 1.807) is 0 Å². The van der Waals surface area contributed by atoms with Crippen LogP contribution in [0.15, 0.2) is 24.3 Å². The maximum absolute atomic E-state index is 12.3. The average Bonchev–Trinajstić information content (AvgIpc) is 2.64. The second-order valence-corrected chi connectivity index (χ2v) is 6.63. The minimum Gasteiger partial charge on any atom is -0.378 e. The van der Waals surface area contributed by atoms with E-state index in [1.807, 2.05) is 18.2 Å². The lowest BCUT2D eigenvalue weighted by Gasteiger charge is -2.28. The lowest BCUT2D eigenvalue weighted by atomic mass is 10.0. The number of aryl methyl sites for hydroxylation is 1. The van der Waals surface area contributed by atoms with Crippen LogP contribution in [0.1, 0.15) is 32.3 Å². The highest BCUT2D eigenvalue weighted by atomic mass is 16.5. The zero-order valence-electron chi connectivity index (χ0n) is 15.3. The summed E-state index contributed by atoms with van der Waals surface area (Å²) in [6.45, 7) is 9.45. The molecule has 0 radical (unpaired) electrons. The Morgan fingerprint density at radius 2 is 1.96 bits per heavy atom. The van der Waals surface area contributed by atoms with Gasteiger partial charge in [0.05, 0.1) is 18.7 Å². The molecule has 0 spiro atoms. The fraction of sp³-hybridized carbons (Fsp3) is 0.500. The second-order valence-electron chi connectivity index (χ2n) is 6.63. The summed E-state index contributed by atoms with van der Waals surface area (Å²) in [5.41, 5.74) is 2.97. The van der Waals surface area contributed by atoms with Gasteiger partial charge < -0.3 is 15.0 Å². The van der Waals surface area contributed by atoms with E-state index < -0.39 is 0 Å². The summed E-state index contributed by atoms with van der Waals surface area (Å²) in [5.74, 6) is 1.17. The maximum atomic E-state index is 12.3. The van der Waals surface area contributed by atoms with Gasteiger partial charge >= 0.3 is 0 Å². The van der Waals surface area contributed by atoms with Crippen molar-refractivity contribution in [2.24, 2.45) is 5.92 Å². The summed E-state index contributed by atoms with van der Waals surface area (Å²) in [6.07, 6.45) is 1.72. The molecule has 0 atom stereocenters. The molecule has 2 heterocycles. The molecule has 0 unspecified atom stereocenters. The molecule has 0 bridgehead atoms. The molecule has 1 saturated heterocycles. The Morgan fingerprint density at radius 1 is 1.24 bits per heavy atom. The van der Waals surface area contributed by atoms with Crippen LogP contribution in [0.5, 0.6) is 0 Å². The van der Waals surface area contributed by atoms with E-state index in [4.69, 9.17) is 9.72 Å². The number of morpholine rings is 1. The summed E-state index contributed by atoms with van der Waals surface area (Å²) in [7, 11) is 0. The number of ether oxygens (including phenoxy) is 1. The topological polar surface area (TPSA) is 54.5 Å².